The minimum absolute atomic E-state index is 0.451. The van der Waals surface area contributed by atoms with Gasteiger partial charge >= 0.3 is 0 Å². The summed E-state index contributed by atoms with van der Waals surface area (Å²) in [5.41, 5.74) is 0. The Balaban J connectivity index is 3.35. The summed E-state index contributed by atoms with van der Waals surface area (Å²) >= 11 is 0. The Morgan fingerprint density at radius 1 is 1.30 bits per heavy atom. The van der Waals surface area contributed by atoms with Crippen LogP contribution in [0.4, 0.5) is 0 Å². The third-order valence-corrected chi connectivity index (χ3v) is 1.77. The highest BCUT2D eigenvalue weighted by atomic mass is 16.1. The Morgan fingerprint density at radius 3 is 2.30 bits per heavy atom. The van der Waals surface area contributed by atoms with Crippen LogP contribution in [0.1, 0.15) is 33.6 Å². The van der Waals surface area contributed by atoms with Crippen LogP contribution >= 0.6 is 0 Å². The van der Waals surface area contributed by atoms with Gasteiger partial charge in [-0.1, -0.05) is 27.2 Å². The van der Waals surface area contributed by atoms with Gasteiger partial charge in [0.15, 0.2) is 0 Å². The lowest BCUT2D eigenvalue weighted by Crippen LogP contribution is -2.03. The summed E-state index contributed by atoms with van der Waals surface area (Å²) in [4.78, 5) is 10.1. The molecule has 0 fully saturated rings. The zero-order chi connectivity index (χ0) is 7.98. The van der Waals surface area contributed by atoms with Crippen molar-refractivity contribution in [2.24, 2.45) is 11.8 Å². The highest BCUT2D eigenvalue weighted by Crippen LogP contribution is 2.14. The molecule has 59 valence electrons. The largest absolute Gasteiger partial charge is 0.303 e. The number of hydrogen-bond acceptors (Lipinski definition) is 1. The molecular weight excluding hydrogens is 124 g/mol. The lowest BCUT2D eigenvalue weighted by molar-refractivity contribution is -0.108. The molecule has 1 nitrogen and oxygen atoms in total. The van der Waals surface area contributed by atoms with E-state index in [-0.39, 0.29) is 0 Å². The Hall–Kier alpha value is -0.330. The van der Waals surface area contributed by atoms with Gasteiger partial charge in [0, 0.05) is 6.42 Å². The second kappa shape index (κ2) is 5.45. The quantitative estimate of drug-likeness (QED) is 0.537. The van der Waals surface area contributed by atoms with E-state index in [1.54, 1.807) is 0 Å². The molecule has 0 bridgehead atoms. The summed E-state index contributed by atoms with van der Waals surface area (Å²) in [7, 11) is 0. The first-order chi connectivity index (χ1) is 4.70. The predicted molar refractivity (Wildman–Crippen MR) is 43.6 cm³/mol. The third kappa shape index (κ3) is 4.54. The number of carbonyl (C=O) groups is 1. The lowest BCUT2D eigenvalue weighted by atomic mass is 9.94. The number of aldehydes is 1. The minimum Gasteiger partial charge on any atom is -0.303 e. The Morgan fingerprint density at radius 2 is 1.90 bits per heavy atom. The minimum atomic E-state index is 0.451. The molecular formula is C9H17O. The van der Waals surface area contributed by atoms with E-state index in [1.807, 2.05) is 0 Å². The smallest absolute Gasteiger partial charge is 0.120 e. The molecule has 1 heteroatoms. The summed E-state index contributed by atoms with van der Waals surface area (Å²) in [5, 5.41) is 0. The van der Waals surface area contributed by atoms with E-state index in [2.05, 4.69) is 27.2 Å². The predicted octanol–water partition coefficient (Wildman–Crippen LogP) is 2.46. The molecule has 0 rings (SSSR count). The fourth-order valence-electron chi connectivity index (χ4n) is 0.927. The molecule has 0 amide bonds. The summed E-state index contributed by atoms with van der Waals surface area (Å²) < 4.78 is 0. The zero-order valence-corrected chi connectivity index (χ0v) is 7.13. The highest BCUT2D eigenvalue weighted by Gasteiger charge is 2.05. The molecule has 2 unspecified atom stereocenters. The van der Waals surface area contributed by atoms with Crippen molar-refractivity contribution in [2.45, 2.75) is 33.6 Å². The SMILES string of the molecule is CCC(C)[CH]C(C)CC=O. The van der Waals surface area contributed by atoms with Gasteiger partial charge in [0.05, 0.1) is 0 Å². The normalized spacial score (nSPS) is 16.3. The van der Waals surface area contributed by atoms with Gasteiger partial charge in [-0.05, 0) is 18.3 Å². The molecule has 1 radical (unpaired) electrons. The van der Waals surface area contributed by atoms with Crippen LogP contribution in [0.3, 0.4) is 0 Å². The van der Waals surface area contributed by atoms with Crippen LogP contribution in [-0.4, -0.2) is 6.29 Å². The van der Waals surface area contributed by atoms with Gasteiger partial charge in [-0.2, -0.15) is 0 Å². The summed E-state index contributed by atoms with van der Waals surface area (Å²) in [6, 6.07) is 0. The van der Waals surface area contributed by atoms with Gasteiger partial charge in [-0.25, -0.2) is 0 Å². The van der Waals surface area contributed by atoms with Crippen LogP contribution in [0.15, 0.2) is 0 Å². The summed E-state index contributed by atoms with van der Waals surface area (Å²) in [6.45, 7) is 6.43. The maximum atomic E-state index is 10.1. The van der Waals surface area contributed by atoms with Crippen LogP contribution in [0, 0.1) is 18.3 Å². The van der Waals surface area contributed by atoms with Crippen molar-refractivity contribution in [3.8, 4) is 0 Å². The molecule has 0 aliphatic heterocycles. The van der Waals surface area contributed by atoms with E-state index < -0.39 is 0 Å². The van der Waals surface area contributed by atoms with Crippen molar-refractivity contribution in [2.75, 3.05) is 0 Å². The van der Waals surface area contributed by atoms with Crippen molar-refractivity contribution >= 4 is 6.29 Å². The van der Waals surface area contributed by atoms with Crippen LogP contribution in [0.5, 0.6) is 0 Å². The second-order valence-electron chi connectivity index (χ2n) is 2.96. The molecule has 0 spiro atoms. The molecule has 10 heavy (non-hydrogen) atoms. The number of hydrogen-bond donors (Lipinski definition) is 0. The summed E-state index contributed by atoms with van der Waals surface area (Å²) in [5.74, 6) is 1.10. The van der Waals surface area contributed by atoms with Crippen molar-refractivity contribution in [3.05, 3.63) is 6.42 Å². The van der Waals surface area contributed by atoms with E-state index >= 15 is 0 Å². The molecule has 0 aliphatic carbocycles. The van der Waals surface area contributed by atoms with Crippen molar-refractivity contribution in [1.82, 2.24) is 0 Å². The lowest BCUT2D eigenvalue weighted by Gasteiger charge is -2.11. The molecule has 0 aromatic carbocycles. The standard InChI is InChI=1S/C9H17O/c1-4-8(2)7-9(3)5-6-10/h6-9H,4-5H2,1-3H3. The molecule has 0 saturated heterocycles. The average molecular weight is 141 g/mol. The fourth-order valence-corrected chi connectivity index (χ4v) is 0.927. The summed E-state index contributed by atoms with van der Waals surface area (Å²) in [6.07, 6.45) is 5.07. The van der Waals surface area contributed by atoms with Crippen molar-refractivity contribution < 1.29 is 4.79 Å². The Kier molecular flexibility index (Phi) is 5.27. The molecule has 0 aromatic heterocycles. The van der Waals surface area contributed by atoms with Gasteiger partial charge < -0.3 is 4.79 Å². The van der Waals surface area contributed by atoms with Crippen molar-refractivity contribution in [1.29, 1.82) is 0 Å². The second-order valence-corrected chi connectivity index (χ2v) is 2.96. The van der Waals surface area contributed by atoms with Crippen molar-refractivity contribution in [3.63, 3.8) is 0 Å². The maximum absolute atomic E-state index is 10.1. The number of rotatable bonds is 5. The van der Waals surface area contributed by atoms with E-state index in [4.69, 9.17) is 0 Å². The zero-order valence-electron chi connectivity index (χ0n) is 7.13. The van der Waals surface area contributed by atoms with Gasteiger partial charge in [0.2, 0.25) is 0 Å². The average Bonchev–Trinajstić information content (AvgIpc) is 1.88. The van der Waals surface area contributed by atoms with Crippen LogP contribution < -0.4 is 0 Å². The molecule has 0 saturated carbocycles. The maximum Gasteiger partial charge on any atom is 0.120 e. The van der Waals surface area contributed by atoms with E-state index in [1.165, 1.54) is 6.42 Å². The van der Waals surface area contributed by atoms with Gasteiger partial charge in [0.25, 0.3) is 0 Å². The molecule has 0 N–H and O–H groups in total. The van der Waals surface area contributed by atoms with E-state index in [0.29, 0.717) is 18.3 Å². The first-order valence-corrected chi connectivity index (χ1v) is 3.99. The molecule has 0 aromatic rings. The van der Waals surface area contributed by atoms with Crippen LogP contribution in [0.25, 0.3) is 0 Å². The monoisotopic (exact) mass is 141 g/mol. The first kappa shape index (κ1) is 9.67. The topological polar surface area (TPSA) is 17.1 Å². The number of carbonyl (C=O) groups excluding carboxylic acids is 1. The first-order valence-electron chi connectivity index (χ1n) is 3.99. The third-order valence-electron chi connectivity index (χ3n) is 1.77. The van der Waals surface area contributed by atoms with Gasteiger partial charge in [-0.3, -0.25) is 0 Å². The van der Waals surface area contributed by atoms with Gasteiger partial charge in [-0.15, -0.1) is 0 Å². The highest BCUT2D eigenvalue weighted by molar-refractivity contribution is 5.49. The van der Waals surface area contributed by atoms with E-state index in [9.17, 15) is 4.79 Å². The van der Waals surface area contributed by atoms with E-state index in [0.717, 1.165) is 6.29 Å². The van der Waals surface area contributed by atoms with Crippen LogP contribution in [-0.2, 0) is 4.79 Å². The molecule has 2 atom stereocenters. The Bertz CT molecular complexity index is 88.7. The molecule has 0 heterocycles. The fraction of sp³-hybridized carbons (Fsp3) is 0.778. The van der Waals surface area contributed by atoms with Crippen LogP contribution in [0.2, 0.25) is 0 Å². The van der Waals surface area contributed by atoms with Gasteiger partial charge in [0.1, 0.15) is 6.29 Å². The Labute approximate surface area is 63.8 Å². The molecule has 0 aliphatic rings.